The fraction of sp³-hybridized carbons (Fsp3) is 0.625. The first kappa shape index (κ1) is 7.46. The van der Waals surface area contributed by atoms with Crippen molar-refractivity contribution in [3.8, 4) is 0 Å². The van der Waals surface area contributed by atoms with Crippen LogP contribution in [0.3, 0.4) is 0 Å². The SMILES string of the molecule is O=C(C1=COCCO1)N1CCC1. The Morgan fingerprint density at radius 3 is 2.75 bits per heavy atom. The molecule has 2 rings (SSSR count). The van der Waals surface area contributed by atoms with Crippen LogP contribution in [0.2, 0.25) is 0 Å². The van der Waals surface area contributed by atoms with E-state index in [1.54, 1.807) is 4.90 Å². The zero-order chi connectivity index (χ0) is 8.39. The highest BCUT2D eigenvalue weighted by atomic mass is 16.6. The van der Waals surface area contributed by atoms with Crippen molar-refractivity contribution >= 4 is 5.91 Å². The maximum absolute atomic E-state index is 11.4. The maximum Gasteiger partial charge on any atom is 0.292 e. The van der Waals surface area contributed by atoms with Gasteiger partial charge in [-0.2, -0.15) is 0 Å². The van der Waals surface area contributed by atoms with E-state index in [2.05, 4.69) is 0 Å². The molecular formula is C8H11NO3. The predicted molar refractivity (Wildman–Crippen MR) is 41.2 cm³/mol. The Hall–Kier alpha value is -1.19. The molecule has 0 aromatic rings. The van der Waals surface area contributed by atoms with Gasteiger partial charge in [-0.3, -0.25) is 4.79 Å². The van der Waals surface area contributed by atoms with Crippen LogP contribution >= 0.6 is 0 Å². The Labute approximate surface area is 70.7 Å². The van der Waals surface area contributed by atoms with Crippen molar-refractivity contribution in [3.05, 3.63) is 12.0 Å². The fourth-order valence-electron chi connectivity index (χ4n) is 1.16. The van der Waals surface area contributed by atoms with Crippen LogP contribution < -0.4 is 0 Å². The Balaban J connectivity index is 1.97. The van der Waals surface area contributed by atoms with Gasteiger partial charge in [0.15, 0.2) is 0 Å². The number of ether oxygens (including phenoxy) is 2. The van der Waals surface area contributed by atoms with Crippen molar-refractivity contribution in [1.29, 1.82) is 0 Å². The van der Waals surface area contributed by atoms with Crippen molar-refractivity contribution in [2.75, 3.05) is 26.3 Å². The zero-order valence-electron chi connectivity index (χ0n) is 6.78. The van der Waals surface area contributed by atoms with Crippen LogP contribution in [-0.4, -0.2) is 37.1 Å². The number of hydrogen-bond acceptors (Lipinski definition) is 3. The molecule has 0 N–H and O–H groups in total. The third-order valence-corrected chi connectivity index (χ3v) is 2.00. The smallest absolute Gasteiger partial charge is 0.292 e. The van der Waals surface area contributed by atoms with E-state index >= 15 is 0 Å². The average molecular weight is 169 g/mol. The van der Waals surface area contributed by atoms with Crippen molar-refractivity contribution in [1.82, 2.24) is 4.90 Å². The van der Waals surface area contributed by atoms with Crippen molar-refractivity contribution in [3.63, 3.8) is 0 Å². The number of likely N-dealkylation sites (tertiary alicyclic amines) is 1. The molecule has 4 heteroatoms. The number of carbonyl (C=O) groups excluding carboxylic acids is 1. The largest absolute Gasteiger partial charge is 0.494 e. The molecule has 2 aliphatic heterocycles. The number of amides is 1. The molecule has 0 atom stereocenters. The average Bonchev–Trinajstić information content (AvgIpc) is 2.03. The molecule has 0 radical (unpaired) electrons. The van der Waals surface area contributed by atoms with E-state index in [-0.39, 0.29) is 5.91 Å². The lowest BCUT2D eigenvalue weighted by atomic mass is 10.2. The highest BCUT2D eigenvalue weighted by Gasteiger charge is 2.25. The fourth-order valence-corrected chi connectivity index (χ4v) is 1.16. The molecular weight excluding hydrogens is 158 g/mol. The van der Waals surface area contributed by atoms with Crippen molar-refractivity contribution < 1.29 is 14.3 Å². The zero-order valence-corrected chi connectivity index (χ0v) is 6.78. The lowest BCUT2D eigenvalue weighted by Gasteiger charge is -2.31. The van der Waals surface area contributed by atoms with E-state index in [0.29, 0.717) is 19.0 Å². The molecule has 0 aliphatic carbocycles. The second kappa shape index (κ2) is 3.05. The van der Waals surface area contributed by atoms with Crippen LogP contribution in [0.15, 0.2) is 12.0 Å². The monoisotopic (exact) mass is 169 g/mol. The normalized spacial score (nSPS) is 21.7. The van der Waals surface area contributed by atoms with Gasteiger partial charge in [-0.05, 0) is 6.42 Å². The maximum atomic E-state index is 11.4. The van der Waals surface area contributed by atoms with Crippen LogP contribution in [0.1, 0.15) is 6.42 Å². The van der Waals surface area contributed by atoms with Gasteiger partial charge < -0.3 is 14.4 Å². The van der Waals surface area contributed by atoms with Crippen LogP contribution in [0.4, 0.5) is 0 Å². The summed E-state index contributed by atoms with van der Waals surface area (Å²) in [5, 5.41) is 0. The highest BCUT2D eigenvalue weighted by molar-refractivity contribution is 5.91. The Morgan fingerprint density at radius 2 is 2.25 bits per heavy atom. The van der Waals surface area contributed by atoms with E-state index in [0.717, 1.165) is 19.5 Å². The second-order valence-corrected chi connectivity index (χ2v) is 2.85. The Morgan fingerprint density at radius 1 is 1.42 bits per heavy atom. The number of carbonyl (C=O) groups is 1. The van der Waals surface area contributed by atoms with Gasteiger partial charge in [0.25, 0.3) is 5.91 Å². The molecule has 0 spiro atoms. The predicted octanol–water partition coefficient (Wildman–Crippen LogP) is 0.107. The molecule has 1 fully saturated rings. The molecule has 1 saturated heterocycles. The first-order valence-corrected chi connectivity index (χ1v) is 4.12. The van der Waals surface area contributed by atoms with Gasteiger partial charge in [0.1, 0.15) is 19.5 Å². The van der Waals surface area contributed by atoms with E-state index in [9.17, 15) is 4.79 Å². The number of nitrogens with zero attached hydrogens (tertiary/aromatic N) is 1. The molecule has 66 valence electrons. The van der Waals surface area contributed by atoms with Crippen LogP contribution in [-0.2, 0) is 14.3 Å². The van der Waals surface area contributed by atoms with E-state index in [1.165, 1.54) is 6.26 Å². The molecule has 1 amide bonds. The minimum atomic E-state index is -0.0408. The van der Waals surface area contributed by atoms with Gasteiger partial charge in [-0.1, -0.05) is 0 Å². The molecule has 0 aromatic heterocycles. The van der Waals surface area contributed by atoms with Gasteiger partial charge in [-0.15, -0.1) is 0 Å². The molecule has 2 heterocycles. The second-order valence-electron chi connectivity index (χ2n) is 2.85. The quantitative estimate of drug-likeness (QED) is 0.559. The summed E-state index contributed by atoms with van der Waals surface area (Å²) in [5.74, 6) is 0.307. The van der Waals surface area contributed by atoms with Gasteiger partial charge in [0, 0.05) is 13.1 Å². The summed E-state index contributed by atoms with van der Waals surface area (Å²) in [7, 11) is 0. The Bertz CT molecular complexity index is 220. The third-order valence-electron chi connectivity index (χ3n) is 2.00. The topological polar surface area (TPSA) is 38.8 Å². The standard InChI is InChI=1S/C8H11NO3/c10-8(9-2-1-3-9)7-6-11-4-5-12-7/h6H,1-5H2. The summed E-state index contributed by atoms with van der Waals surface area (Å²) in [5.41, 5.74) is 0. The van der Waals surface area contributed by atoms with Gasteiger partial charge in [0.2, 0.25) is 5.76 Å². The Kier molecular flexibility index (Phi) is 1.89. The molecule has 12 heavy (non-hydrogen) atoms. The summed E-state index contributed by atoms with van der Waals surface area (Å²) < 4.78 is 10.1. The molecule has 0 unspecified atom stereocenters. The summed E-state index contributed by atoms with van der Waals surface area (Å²) >= 11 is 0. The molecule has 4 nitrogen and oxygen atoms in total. The van der Waals surface area contributed by atoms with Crippen molar-refractivity contribution in [2.24, 2.45) is 0 Å². The minimum Gasteiger partial charge on any atom is -0.494 e. The summed E-state index contributed by atoms with van der Waals surface area (Å²) in [6, 6.07) is 0. The van der Waals surface area contributed by atoms with Gasteiger partial charge in [-0.25, -0.2) is 0 Å². The van der Waals surface area contributed by atoms with Gasteiger partial charge in [0.05, 0.1) is 0 Å². The van der Waals surface area contributed by atoms with Crippen LogP contribution in [0.5, 0.6) is 0 Å². The van der Waals surface area contributed by atoms with Gasteiger partial charge >= 0.3 is 0 Å². The first-order chi connectivity index (χ1) is 5.88. The van der Waals surface area contributed by atoms with E-state index in [4.69, 9.17) is 9.47 Å². The highest BCUT2D eigenvalue weighted by Crippen LogP contribution is 2.13. The minimum absolute atomic E-state index is 0.0408. The summed E-state index contributed by atoms with van der Waals surface area (Å²) in [6.45, 7) is 2.71. The molecule has 0 saturated carbocycles. The lowest BCUT2D eigenvalue weighted by molar-refractivity contribution is -0.135. The number of rotatable bonds is 1. The van der Waals surface area contributed by atoms with E-state index in [1.807, 2.05) is 0 Å². The van der Waals surface area contributed by atoms with Crippen LogP contribution in [0, 0.1) is 0 Å². The van der Waals surface area contributed by atoms with Crippen LogP contribution in [0.25, 0.3) is 0 Å². The first-order valence-electron chi connectivity index (χ1n) is 4.12. The van der Waals surface area contributed by atoms with E-state index < -0.39 is 0 Å². The van der Waals surface area contributed by atoms with Crippen molar-refractivity contribution in [2.45, 2.75) is 6.42 Å². The lowest BCUT2D eigenvalue weighted by Crippen LogP contribution is -2.43. The molecule has 2 aliphatic rings. The third kappa shape index (κ3) is 1.24. The summed E-state index contributed by atoms with van der Waals surface area (Å²) in [4.78, 5) is 13.2. The summed E-state index contributed by atoms with van der Waals surface area (Å²) in [6.07, 6.45) is 2.50. The molecule has 0 bridgehead atoms. The molecule has 0 aromatic carbocycles. The number of hydrogen-bond donors (Lipinski definition) is 0.